The highest BCUT2D eigenvalue weighted by Gasteiger charge is 2.15. The maximum Gasteiger partial charge on any atom is 0.267 e. The SMILES string of the molecule is Cc1ccc(C(=O)N/C(=C/c2ccco2)C(=O)NCCCN(C)C)cc1. The van der Waals surface area contributed by atoms with Crippen molar-refractivity contribution in [2.75, 3.05) is 27.2 Å². The van der Waals surface area contributed by atoms with Crippen LogP contribution in [0.5, 0.6) is 0 Å². The summed E-state index contributed by atoms with van der Waals surface area (Å²) in [5.41, 5.74) is 1.70. The second kappa shape index (κ2) is 9.58. The summed E-state index contributed by atoms with van der Waals surface area (Å²) in [7, 11) is 3.96. The smallest absolute Gasteiger partial charge is 0.267 e. The zero-order chi connectivity index (χ0) is 18.9. The molecule has 0 spiro atoms. The molecule has 2 N–H and O–H groups in total. The van der Waals surface area contributed by atoms with Crippen LogP contribution in [0.3, 0.4) is 0 Å². The molecule has 2 amide bonds. The van der Waals surface area contributed by atoms with E-state index in [1.807, 2.05) is 38.1 Å². The Kier molecular flexibility index (Phi) is 7.17. The van der Waals surface area contributed by atoms with Gasteiger partial charge in [0.1, 0.15) is 11.5 Å². The average Bonchev–Trinajstić information content (AvgIpc) is 3.11. The van der Waals surface area contributed by atoms with Crippen molar-refractivity contribution in [1.82, 2.24) is 15.5 Å². The van der Waals surface area contributed by atoms with Gasteiger partial charge >= 0.3 is 0 Å². The molecule has 0 saturated carbocycles. The molecular weight excluding hydrogens is 330 g/mol. The first kappa shape index (κ1) is 19.5. The molecule has 0 saturated heterocycles. The van der Waals surface area contributed by atoms with Gasteiger partial charge in [-0.05, 0) is 58.3 Å². The summed E-state index contributed by atoms with van der Waals surface area (Å²) in [6.45, 7) is 3.34. The first-order valence-electron chi connectivity index (χ1n) is 8.52. The Morgan fingerprint density at radius 1 is 1.15 bits per heavy atom. The summed E-state index contributed by atoms with van der Waals surface area (Å²) in [4.78, 5) is 27.0. The number of hydrogen-bond acceptors (Lipinski definition) is 4. The van der Waals surface area contributed by atoms with Crippen LogP contribution in [-0.4, -0.2) is 43.9 Å². The average molecular weight is 355 g/mol. The molecule has 0 aliphatic carbocycles. The minimum atomic E-state index is -0.347. The molecule has 2 rings (SSSR count). The number of hydrogen-bond donors (Lipinski definition) is 2. The molecule has 1 aromatic carbocycles. The van der Waals surface area contributed by atoms with E-state index in [1.54, 1.807) is 24.3 Å². The highest BCUT2D eigenvalue weighted by atomic mass is 16.3. The molecule has 1 aromatic heterocycles. The van der Waals surface area contributed by atoms with Crippen LogP contribution in [0.1, 0.15) is 28.1 Å². The van der Waals surface area contributed by atoms with Crippen molar-refractivity contribution in [3.63, 3.8) is 0 Å². The van der Waals surface area contributed by atoms with E-state index in [-0.39, 0.29) is 17.5 Å². The predicted octanol–water partition coefficient (Wildman–Crippen LogP) is 2.43. The highest BCUT2D eigenvalue weighted by molar-refractivity contribution is 6.05. The van der Waals surface area contributed by atoms with Gasteiger partial charge in [-0.15, -0.1) is 0 Å². The van der Waals surface area contributed by atoms with E-state index in [9.17, 15) is 9.59 Å². The molecule has 0 atom stereocenters. The summed E-state index contributed by atoms with van der Waals surface area (Å²) >= 11 is 0. The van der Waals surface area contributed by atoms with E-state index >= 15 is 0 Å². The zero-order valence-corrected chi connectivity index (χ0v) is 15.4. The van der Waals surface area contributed by atoms with Crippen LogP contribution in [0, 0.1) is 6.92 Å². The molecule has 2 aromatic rings. The Morgan fingerprint density at radius 2 is 1.88 bits per heavy atom. The van der Waals surface area contributed by atoms with Gasteiger partial charge in [0.2, 0.25) is 0 Å². The molecule has 6 heteroatoms. The molecule has 1 heterocycles. The number of furan rings is 1. The first-order chi connectivity index (χ1) is 12.5. The molecule has 6 nitrogen and oxygen atoms in total. The van der Waals surface area contributed by atoms with Crippen LogP contribution in [-0.2, 0) is 4.79 Å². The third-order valence-electron chi connectivity index (χ3n) is 3.70. The fourth-order valence-electron chi connectivity index (χ4n) is 2.27. The van der Waals surface area contributed by atoms with Crippen molar-refractivity contribution in [2.45, 2.75) is 13.3 Å². The number of benzene rings is 1. The van der Waals surface area contributed by atoms with E-state index < -0.39 is 0 Å². The van der Waals surface area contributed by atoms with Crippen LogP contribution in [0.15, 0.2) is 52.8 Å². The Hall–Kier alpha value is -2.86. The van der Waals surface area contributed by atoms with Gasteiger partial charge in [0.25, 0.3) is 11.8 Å². The molecule has 0 unspecified atom stereocenters. The third kappa shape index (κ3) is 6.22. The quantitative estimate of drug-likeness (QED) is 0.563. The minimum Gasteiger partial charge on any atom is -0.465 e. The monoisotopic (exact) mass is 355 g/mol. The van der Waals surface area contributed by atoms with Crippen molar-refractivity contribution >= 4 is 17.9 Å². The van der Waals surface area contributed by atoms with Crippen molar-refractivity contribution < 1.29 is 14.0 Å². The number of carbonyl (C=O) groups excluding carboxylic acids is 2. The van der Waals surface area contributed by atoms with Gasteiger partial charge in [-0.2, -0.15) is 0 Å². The first-order valence-corrected chi connectivity index (χ1v) is 8.52. The molecule has 0 radical (unpaired) electrons. The van der Waals surface area contributed by atoms with Gasteiger partial charge in [-0.3, -0.25) is 9.59 Å². The van der Waals surface area contributed by atoms with Gasteiger partial charge in [0.05, 0.1) is 6.26 Å². The second-order valence-corrected chi connectivity index (χ2v) is 6.31. The molecule has 0 fully saturated rings. The van der Waals surface area contributed by atoms with Crippen LogP contribution < -0.4 is 10.6 Å². The topological polar surface area (TPSA) is 74.6 Å². The Morgan fingerprint density at radius 3 is 2.50 bits per heavy atom. The lowest BCUT2D eigenvalue weighted by Crippen LogP contribution is -2.36. The van der Waals surface area contributed by atoms with Crippen LogP contribution in [0.25, 0.3) is 6.08 Å². The van der Waals surface area contributed by atoms with E-state index in [0.717, 1.165) is 18.5 Å². The second-order valence-electron chi connectivity index (χ2n) is 6.31. The fourth-order valence-corrected chi connectivity index (χ4v) is 2.27. The standard InChI is InChI=1S/C20H25N3O3/c1-15-7-9-16(10-8-15)19(24)22-18(14-17-6-4-13-26-17)20(25)21-11-5-12-23(2)3/h4,6-10,13-14H,5,11-12H2,1-3H3,(H,21,25)(H,22,24)/b18-14+. The van der Waals surface area contributed by atoms with Crippen LogP contribution in [0.2, 0.25) is 0 Å². The number of aryl methyl sites for hydroxylation is 1. The van der Waals surface area contributed by atoms with Gasteiger partial charge < -0.3 is 20.0 Å². The number of nitrogens with one attached hydrogen (secondary N) is 2. The summed E-state index contributed by atoms with van der Waals surface area (Å²) < 4.78 is 5.26. The van der Waals surface area contributed by atoms with E-state index in [4.69, 9.17) is 4.42 Å². The lowest BCUT2D eigenvalue weighted by Gasteiger charge is -2.12. The van der Waals surface area contributed by atoms with E-state index in [2.05, 4.69) is 10.6 Å². The van der Waals surface area contributed by atoms with E-state index in [1.165, 1.54) is 12.3 Å². The van der Waals surface area contributed by atoms with Crippen LogP contribution >= 0.6 is 0 Å². The minimum absolute atomic E-state index is 0.148. The number of carbonyl (C=O) groups is 2. The van der Waals surface area contributed by atoms with E-state index in [0.29, 0.717) is 17.9 Å². The lowest BCUT2D eigenvalue weighted by molar-refractivity contribution is -0.117. The molecule has 0 aliphatic rings. The summed E-state index contributed by atoms with van der Waals surface area (Å²) in [5.74, 6) is -0.195. The van der Waals surface area contributed by atoms with Crippen molar-refractivity contribution in [2.24, 2.45) is 0 Å². The van der Waals surface area contributed by atoms with Crippen molar-refractivity contribution in [3.8, 4) is 0 Å². The van der Waals surface area contributed by atoms with Gasteiger partial charge in [-0.1, -0.05) is 17.7 Å². The van der Waals surface area contributed by atoms with Gasteiger partial charge in [0.15, 0.2) is 0 Å². The number of rotatable bonds is 8. The van der Waals surface area contributed by atoms with Crippen molar-refractivity contribution in [1.29, 1.82) is 0 Å². The lowest BCUT2D eigenvalue weighted by atomic mass is 10.1. The third-order valence-corrected chi connectivity index (χ3v) is 3.70. The summed E-state index contributed by atoms with van der Waals surface area (Å²) in [6.07, 6.45) is 3.85. The van der Waals surface area contributed by atoms with Crippen molar-refractivity contribution in [3.05, 3.63) is 65.2 Å². The Balaban J connectivity index is 2.07. The summed E-state index contributed by atoms with van der Waals surface area (Å²) in [6, 6.07) is 10.6. The summed E-state index contributed by atoms with van der Waals surface area (Å²) in [5, 5.41) is 5.51. The molecule has 26 heavy (non-hydrogen) atoms. The normalized spacial score (nSPS) is 11.5. The Bertz CT molecular complexity index is 747. The van der Waals surface area contributed by atoms with Crippen LogP contribution in [0.4, 0.5) is 0 Å². The number of nitrogens with zero attached hydrogens (tertiary/aromatic N) is 1. The predicted molar refractivity (Wildman–Crippen MR) is 102 cm³/mol. The molecule has 138 valence electrons. The maximum atomic E-state index is 12.5. The highest BCUT2D eigenvalue weighted by Crippen LogP contribution is 2.08. The Labute approximate surface area is 153 Å². The fraction of sp³-hybridized carbons (Fsp3) is 0.300. The van der Waals surface area contributed by atoms with Gasteiger partial charge in [-0.25, -0.2) is 0 Å². The molecule has 0 bridgehead atoms. The maximum absolute atomic E-state index is 12.5. The van der Waals surface area contributed by atoms with Gasteiger partial charge in [0, 0.05) is 18.2 Å². The largest absolute Gasteiger partial charge is 0.465 e. The zero-order valence-electron chi connectivity index (χ0n) is 15.4. The number of amides is 2. The molecular formula is C20H25N3O3. The molecule has 0 aliphatic heterocycles.